The third-order valence-electron chi connectivity index (χ3n) is 2.72. The Morgan fingerprint density at radius 2 is 2.22 bits per heavy atom. The number of fused-ring (bicyclic) bond motifs is 1. The fourth-order valence-corrected chi connectivity index (χ4v) is 1.89. The van der Waals surface area contributed by atoms with E-state index in [2.05, 4.69) is 15.0 Å². The Balaban J connectivity index is 2.08. The van der Waals surface area contributed by atoms with Crippen molar-refractivity contribution in [1.29, 1.82) is 5.41 Å². The average molecular weight is 241 g/mol. The fraction of sp³-hybridized carbons (Fsp3) is 0.0833. The van der Waals surface area contributed by atoms with Crippen LogP contribution in [0.1, 0.15) is 5.56 Å². The van der Waals surface area contributed by atoms with Gasteiger partial charge in [-0.2, -0.15) is 0 Å². The molecule has 3 rings (SSSR count). The van der Waals surface area contributed by atoms with Crippen molar-refractivity contribution in [2.75, 3.05) is 0 Å². The van der Waals surface area contributed by atoms with Crippen molar-refractivity contribution in [3.63, 3.8) is 0 Å². The molecule has 0 aliphatic heterocycles. The second-order valence-corrected chi connectivity index (χ2v) is 3.99. The number of rotatable bonds is 2. The predicted octanol–water partition coefficient (Wildman–Crippen LogP) is 0.993. The highest BCUT2D eigenvalue weighted by molar-refractivity contribution is 5.68. The van der Waals surface area contributed by atoms with Crippen molar-refractivity contribution in [3.05, 3.63) is 48.0 Å². The molecule has 2 heterocycles. The molecule has 3 N–H and O–H groups in total. The molecule has 1 aromatic carbocycles. The number of nitrogens with one attached hydrogen (secondary N) is 2. The maximum atomic E-state index is 9.43. The average Bonchev–Trinajstić information content (AvgIpc) is 2.83. The second-order valence-electron chi connectivity index (χ2n) is 3.99. The van der Waals surface area contributed by atoms with Crippen LogP contribution >= 0.6 is 0 Å². The van der Waals surface area contributed by atoms with Crippen LogP contribution in [0.2, 0.25) is 0 Å². The van der Waals surface area contributed by atoms with Crippen LogP contribution in [0.3, 0.4) is 0 Å². The zero-order valence-electron chi connectivity index (χ0n) is 9.46. The predicted molar refractivity (Wildman–Crippen MR) is 64.9 cm³/mol. The quantitative estimate of drug-likeness (QED) is 0.625. The number of phenols is 1. The molecule has 0 bridgehead atoms. The van der Waals surface area contributed by atoms with Crippen LogP contribution < -0.4 is 5.49 Å². The lowest BCUT2D eigenvalue weighted by molar-refractivity contribution is 0.474. The molecule has 0 atom stereocenters. The van der Waals surface area contributed by atoms with Crippen LogP contribution in [-0.4, -0.2) is 24.6 Å². The van der Waals surface area contributed by atoms with E-state index in [1.54, 1.807) is 30.9 Å². The molecular formula is C12H11N5O. The molecule has 6 nitrogen and oxygen atoms in total. The van der Waals surface area contributed by atoms with Gasteiger partial charge in [0.05, 0.1) is 19.2 Å². The number of imidazole rings is 1. The molecule has 3 aromatic rings. The summed E-state index contributed by atoms with van der Waals surface area (Å²) in [5.41, 5.74) is 2.41. The van der Waals surface area contributed by atoms with E-state index in [-0.39, 0.29) is 11.2 Å². The van der Waals surface area contributed by atoms with Gasteiger partial charge in [0.2, 0.25) is 0 Å². The second kappa shape index (κ2) is 3.99. The number of phenolic OH excluding ortho intramolecular Hbond substituents is 1. The summed E-state index contributed by atoms with van der Waals surface area (Å²) in [5, 5.41) is 17.1. The van der Waals surface area contributed by atoms with Gasteiger partial charge in [-0.1, -0.05) is 12.1 Å². The number of aromatic amines is 1. The molecule has 0 saturated heterocycles. The third-order valence-corrected chi connectivity index (χ3v) is 2.72. The van der Waals surface area contributed by atoms with Crippen molar-refractivity contribution in [2.45, 2.75) is 6.54 Å². The lowest BCUT2D eigenvalue weighted by Crippen LogP contribution is -2.13. The van der Waals surface area contributed by atoms with Gasteiger partial charge in [-0.05, 0) is 17.7 Å². The Kier molecular flexibility index (Phi) is 2.33. The number of benzene rings is 1. The molecule has 90 valence electrons. The van der Waals surface area contributed by atoms with Gasteiger partial charge in [0, 0.05) is 0 Å². The zero-order chi connectivity index (χ0) is 12.5. The lowest BCUT2D eigenvalue weighted by Gasteiger charge is -2.07. The molecule has 0 spiro atoms. The summed E-state index contributed by atoms with van der Waals surface area (Å²) in [7, 11) is 0. The number of H-pyrrole nitrogens is 1. The zero-order valence-corrected chi connectivity index (χ0v) is 9.46. The number of hydrogen-bond donors (Lipinski definition) is 3. The van der Waals surface area contributed by atoms with Gasteiger partial charge in [0.15, 0.2) is 11.1 Å². The number of hydrogen-bond acceptors (Lipinski definition) is 4. The third kappa shape index (κ3) is 1.73. The minimum absolute atomic E-state index is 0.176. The van der Waals surface area contributed by atoms with E-state index in [1.165, 1.54) is 0 Å². The van der Waals surface area contributed by atoms with Gasteiger partial charge in [-0.25, -0.2) is 9.97 Å². The molecule has 2 aromatic heterocycles. The Morgan fingerprint density at radius 3 is 3.06 bits per heavy atom. The summed E-state index contributed by atoms with van der Waals surface area (Å²) in [5.74, 6) is 0.233. The summed E-state index contributed by atoms with van der Waals surface area (Å²) in [6.07, 6.45) is 3.12. The minimum Gasteiger partial charge on any atom is -0.508 e. The van der Waals surface area contributed by atoms with Gasteiger partial charge in [-0.15, -0.1) is 0 Å². The smallest absolute Gasteiger partial charge is 0.173 e. The highest BCUT2D eigenvalue weighted by Gasteiger charge is 2.05. The van der Waals surface area contributed by atoms with Gasteiger partial charge in [-0.3, -0.25) is 5.41 Å². The molecule has 0 amide bonds. The SMILES string of the molecule is N=c1ncn(Cc2cccc(O)c2)c2nc[nH]c12. The number of nitrogens with zero attached hydrogens (tertiary/aromatic N) is 3. The summed E-state index contributed by atoms with van der Waals surface area (Å²) in [4.78, 5) is 11.1. The van der Waals surface area contributed by atoms with Crippen LogP contribution in [0.15, 0.2) is 36.9 Å². The number of aromatic nitrogens is 4. The van der Waals surface area contributed by atoms with Crippen molar-refractivity contribution >= 4 is 11.2 Å². The maximum absolute atomic E-state index is 9.43. The van der Waals surface area contributed by atoms with Gasteiger partial charge in [0.1, 0.15) is 11.3 Å². The monoisotopic (exact) mass is 241 g/mol. The van der Waals surface area contributed by atoms with E-state index in [9.17, 15) is 5.11 Å². The molecule has 0 aliphatic rings. The largest absolute Gasteiger partial charge is 0.508 e. The Morgan fingerprint density at radius 1 is 1.33 bits per heavy atom. The first-order chi connectivity index (χ1) is 8.74. The van der Waals surface area contributed by atoms with Crippen molar-refractivity contribution in [3.8, 4) is 5.75 Å². The standard InChI is InChI=1S/C12H11N5O/c13-11-10-12(15-6-14-10)17(7-16-11)5-8-2-1-3-9(18)4-8/h1-4,6-7,13,18H,5H2,(H,14,15). The van der Waals surface area contributed by atoms with Gasteiger partial charge < -0.3 is 14.7 Å². The Bertz CT molecular complexity index is 758. The molecule has 6 heteroatoms. The van der Waals surface area contributed by atoms with E-state index in [4.69, 9.17) is 5.41 Å². The fourth-order valence-electron chi connectivity index (χ4n) is 1.89. The normalized spacial score (nSPS) is 10.9. The highest BCUT2D eigenvalue weighted by Crippen LogP contribution is 2.13. The van der Waals surface area contributed by atoms with E-state index in [0.29, 0.717) is 17.7 Å². The molecule has 0 saturated carbocycles. The van der Waals surface area contributed by atoms with E-state index < -0.39 is 0 Å². The summed E-state index contributed by atoms with van der Waals surface area (Å²) in [6, 6.07) is 7.03. The summed E-state index contributed by atoms with van der Waals surface area (Å²) in [6.45, 7) is 0.545. The van der Waals surface area contributed by atoms with Crippen LogP contribution in [0.4, 0.5) is 0 Å². The topological polar surface area (TPSA) is 90.6 Å². The highest BCUT2D eigenvalue weighted by atomic mass is 16.3. The van der Waals surface area contributed by atoms with Crippen molar-refractivity contribution in [1.82, 2.24) is 19.5 Å². The van der Waals surface area contributed by atoms with Crippen LogP contribution in [0.5, 0.6) is 5.75 Å². The first-order valence-corrected chi connectivity index (χ1v) is 5.45. The Hall–Kier alpha value is -2.63. The Labute approximate surface area is 102 Å². The van der Waals surface area contributed by atoms with Crippen molar-refractivity contribution in [2.24, 2.45) is 0 Å². The van der Waals surface area contributed by atoms with Gasteiger partial charge in [0.25, 0.3) is 0 Å². The van der Waals surface area contributed by atoms with E-state index in [0.717, 1.165) is 5.56 Å². The first-order valence-electron chi connectivity index (χ1n) is 5.45. The maximum Gasteiger partial charge on any atom is 0.173 e. The van der Waals surface area contributed by atoms with Crippen LogP contribution in [0, 0.1) is 5.41 Å². The summed E-state index contributed by atoms with van der Waals surface area (Å²) < 4.78 is 1.83. The molecule has 0 fully saturated rings. The molecule has 18 heavy (non-hydrogen) atoms. The van der Waals surface area contributed by atoms with Crippen molar-refractivity contribution < 1.29 is 5.11 Å². The lowest BCUT2D eigenvalue weighted by atomic mass is 10.2. The van der Waals surface area contributed by atoms with Gasteiger partial charge >= 0.3 is 0 Å². The van der Waals surface area contributed by atoms with E-state index >= 15 is 0 Å². The minimum atomic E-state index is 0.176. The molecular weight excluding hydrogens is 230 g/mol. The summed E-state index contributed by atoms with van der Waals surface area (Å²) >= 11 is 0. The first kappa shape index (κ1) is 10.5. The van der Waals surface area contributed by atoms with Crippen LogP contribution in [0.25, 0.3) is 11.2 Å². The molecule has 0 unspecified atom stereocenters. The molecule has 0 radical (unpaired) electrons. The molecule has 0 aliphatic carbocycles. The van der Waals surface area contributed by atoms with Crippen LogP contribution in [-0.2, 0) is 6.54 Å². The van der Waals surface area contributed by atoms with E-state index in [1.807, 2.05) is 10.6 Å². The number of aromatic hydroxyl groups is 1.